The van der Waals surface area contributed by atoms with Crippen LogP contribution in [0.2, 0.25) is 0 Å². The number of carbonyl (C=O) groups is 1. The first-order chi connectivity index (χ1) is 14.6. The van der Waals surface area contributed by atoms with Crippen molar-refractivity contribution in [2.45, 2.75) is 65.9 Å². The number of nitrogens with one attached hydrogen (secondary N) is 1. The molecule has 0 aromatic heterocycles. The van der Waals surface area contributed by atoms with E-state index in [4.69, 9.17) is 0 Å². The summed E-state index contributed by atoms with van der Waals surface area (Å²) in [4.78, 5) is 15.2. The number of benzene rings is 2. The smallest absolute Gasteiger partial charge is 0.244 e. The molecular formula is C26H34FN2O2. The molecule has 5 heteroatoms. The summed E-state index contributed by atoms with van der Waals surface area (Å²) < 4.78 is 13.3. The molecule has 1 unspecified atom stereocenters. The van der Waals surface area contributed by atoms with Gasteiger partial charge >= 0.3 is 0 Å². The van der Waals surface area contributed by atoms with Crippen LogP contribution in [0.15, 0.2) is 54.6 Å². The van der Waals surface area contributed by atoms with Gasteiger partial charge in [-0.25, -0.2) is 4.39 Å². The molecule has 2 aromatic carbocycles. The van der Waals surface area contributed by atoms with Gasteiger partial charge in [0.2, 0.25) is 5.91 Å². The molecule has 0 aliphatic carbocycles. The minimum atomic E-state index is -0.910. The summed E-state index contributed by atoms with van der Waals surface area (Å²) >= 11 is 0. The predicted octanol–water partition coefficient (Wildman–Crippen LogP) is 4.33. The highest BCUT2D eigenvalue weighted by molar-refractivity contribution is 5.85. The molecule has 1 aliphatic heterocycles. The van der Waals surface area contributed by atoms with Crippen molar-refractivity contribution in [1.82, 2.24) is 10.2 Å². The van der Waals surface area contributed by atoms with E-state index in [1.807, 2.05) is 30.3 Å². The molecule has 1 radical (unpaired) electrons. The van der Waals surface area contributed by atoms with Crippen molar-refractivity contribution in [1.29, 1.82) is 0 Å². The topological polar surface area (TPSA) is 52.6 Å². The largest absolute Gasteiger partial charge is 0.390 e. The van der Waals surface area contributed by atoms with Crippen molar-refractivity contribution < 1.29 is 14.3 Å². The van der Waals surface area contributed by atoms with Crippen LogP contribution >= 0.6 is 0 Å². The van der Waals surface area contributed by atoms with Gasteiger partial charge in [-0.15, -0.1) is 0 Å². The van der Waals surface area contributed by atoms with Crippen LogP contribution in [0.1, 0.15) is 45.7 Å². The highest BCUT2D eigenvalue weighted by atomic mass is 19.1. The normalized spacial score (nSPS) is 20.7. The molecule has 0 bridgehead atoms. The zero-order valence-corrected chi connectivity index (χ0v) is 19.1. The molecule has 1 saturated heterocycles. The van der Waals surface area contributed by atoms with Gasteiger partial charge in [-0.2, -0.15) is 0 Å². The standard InChI is InChI=1S/C26H34FN2O2/c1-17(2)24-28-22(25(31)29(24)16-19-11-13-20(27)14-12-19)23(30)21(26(3,4)5)15-18-9-7-6-8-10-18/h6-14,17,22-24,28,30H,15-16H2,1-5H3/t22-,23+,24?/m0/s1. The molecule has 1 heterocycles. The Morgan fingerprint density at radius 2 is 1.68 bits per heavy atom. The summed E-state index contributed by atoms with van der Waals surface area (Å²) in [5.41, 5.74) is 1.71. The highest BCUT2D eigenvalue weighted by Gasteiger charge is 2.47. The molecule has 3 rings (SSSR count). The van der Waals surface area contributed by atoms with Gasteiger partial charge in [-0.3, -0.25) is 10.1 Å². The van der Waals surface area contributed by atoms with Crippen molar-refractivity contribution in [2.24, 2.45) is 11.3 Å². The van der Waals surface area contributed by atoms with Gasteiger partial charge in [0.1, 0.15) is 11.9 Å². The number of halogens is 1. The molecule has 2 N–H and O–H groups in total. The Balaban J connectivity index is 1.83. The van der Waals surface area contributed by atoms with Gasteiger partial charge in [-0.05, 0) is 41.0 Å². The van der Waals surface area contributed by atoms with E-state index in [0.717, 1.165) is 17.0 Å². The third kappa shape index (κ3) is 5.52. The summed E-state index contributed by atoms with van der Waals surface area (Å²) in [6, 6.07) is 15.5. The zero-order valence-electron chi connectivity index (χ0n) is 19.1. The van der Waals surface area contributed by atoms with Gasteiger partial charge in [0.25, 0.3) is 0 Å². The number of hydrogen-bond acceptors (Lipinski definition) is 3. The van der Waals surface area contributed by atoms with E-state index in [2.05, 4.69) is 39.9 Å². The monoisotopic (exact) mass is 425 g/mol. The van der Waals surface area contributed by atoms with Gasteiger partial charge < -0.3 is 10.0 Å². The van der Waals surface area contributed by atoms with Crippen LogP contribution in [0.5, 0.6) is 0 Å². The Morgan fingerprint density at radius 3 is 2.23 bits per heavy atom. The van der Waals surface area contributed by atoms with Crippen LogP contribution in [-0.4, -0.2) is 34.2 Å². The first-order valence-corrected chi connectivity index (χ1v) is 11.0. The van der Waals surface area contributed by atoms with Crippen molar-refractivity contribution >= 4 is 5.91 Å². The minimum absolute atomic E-state index is 0.120. The molecule has 167 valence electrons. The molecule has 1 aliphatic rings. The second-order valence-electron chi connectivity index (χ2n) is 9.81. The summed E-state index contributed by atoms with van der Waals surface area (Å²) in [6.45, 7) is 10.7. The number of hydrogen-bond donors (Lipinski definition) is 2. The molecule has 4 nitrogen and oxygen atoms in total. The highest BCUT2D eigenvalue weighted by Crippen LogP contribution is 2.37. The van der Waals surface area contributed by atoms with E-state index >= 15 is 0 Å². The Morgan fingerprint density at radius 1 is 1.06 bits per heavy atom. The van der Waals surface area contributed by atoms with E-state index in [9.17, 15) is 14.3 Å². The average molecular weight is 426 g/mol. The van der Waals surface area contributed by atoms with Crippen LogP contribution < -0.4 is 5.32 Å². The fourth-order valence-corrected chi connectivity index (χ4v) is 4.23. The summed E-state index contributed by atoms with van der Waals surface area (Å²) in [5, 5.41) is 14.8. The first kappa shape index (κ1) is 23.4. The van der Waals surface area contributed by atoms with E-state index in [1.165, 1.54) is 12.1 Å². The minimum Gasteiger partial charge on any atom is -0.390 e. The van der Waals surface area contributed by atoms with Gasteiger partial charge in [0, 0.05) is 12.5 Å². The van der Waals surface area contributed by atoms with E-state index in [0.29, 0.717) is 13.0 Å². The first-order valence-electron chi connectivity index (χ1n) is 11.0. The van der Waals surface area contributed by atoms with E-state index in [-0.39, 0.29) is 29.2 Å². The maximum atomic E-state index is 13.4. The molecule has 31 heavy (non-hydrogen) atoms. The second-order valence-corrected chi connectivity index (χ2v) is 9.81. The van der Waals surface area contributed by atoms with Crippen LogP contribution in [0.3, 0.4) is 0 Å². The van der Waals surface area contributed by atoms with Gasteiger partial charge in [0.15, 0.2) is 0 Å². The second kappa shape index (κ2) is 9.49. The Bertz CT molecular complexity index is 861. The fourth-order valence-electron chi connectivity index (χ4n) is 4.23. The zero-order chi connectivity index (χ0) is 22.8. The van der Waals surface area contributed by atoms with Crippen molar-refractivity contribution in [3.05, 3.63) is 77.5 Å². The third-order valence-electron chi connectivity index (χ3n) is 6.01. The molecular weight excluding hydrogens is 391 g/mol. The predicted molar refractivity (Wildman–Crippen MR) is 121 cm³/mol. The number of aliphatic hydroxyl groups is 1. The van der Waals surface area contributed by atoms with Crippen LogP contribution in [-0.2, 0) is 17.8 Å². The SMILES string of the molecule is CC(C)C1N[C@@H]([C@H](O)[C](Cc2ccccc2)C(C)(C)C)C(=O)N1Cc1ccc(F)cc1. The van der Waals surface area contributed by atoms with Crippen molar-refractivity contribution in [2.75, 3.05) is 0 Å². The van der Waals surface area contributed by atoms with Crippen LogP contribution in [0, 0.1) is 23.1 Å². The van der Waals surface area contributed by atoms with E-state index in [1.54, 1.807) is 17.0 Å². The number of nitrogens with zero attached hydrogens (tertiary/aromatic N) is 1. The Kier molecular flexibility index (Phi) is 7.17. The third-order valence-corrected chi connectivity index (χ3v) is 6.01. The maximum Gasteiger partial charge on any atom is 0.244 e. The van der Waals surface area contributed by atoms with Gasteiger partial charge in [0.05, 0.1) is 12.3 Å². The summed E-state index contributed by atoms with van der Waals surface area (Å²) in [6.07, 6.45) is -0.497. The molecule has 2 aromatic rings. The van der Waals surface area contributed by atoms with E-state index < -0.39 is 12.1 Å². The lowest BCUT2D eigenvalue weighted by Gasteiger charge is -2.36. The number of rotatable bonds is 7. The summed E-state index contributed by atoms with van der Waals surface area (Å²) in [7, 11) is 0. The molecule has 1 amide bonds. The molecule has 1 fully saturated rings. The van der Waals surface area contributed by atoms with Crippen LogP contribution in [0.4, 0.5) is 4.39 Å². The number of amides is 1. The lowest BCUT2D eigenvalue weighted by molar-refractivity contribution is -0.133. The Labute approximate surface area is 185 Å². The molecule has 0 saturated carbocycles. The Hall–Kier alpha value is -2.24. The lowest BCUT2D eigenvalue weighted by Crippen LogP contribution is -2.49. The fraction of sp³-hybridized carbons (Fsp3) is 0.462. The maximum absolute atomic E-state index is 13.4. The van der Waals surface area contributed by atoms with Crippen molar-refractivity contribution in [3.8, 4) is 0 Å². The van der Waals surface area contributed by atoms with Crippen molar-refractivity contribution in [3.63, 3.8) is 0 Å². The van der Waals surface area contributed by atoms with Crippen LogP contribution in [0.25, 0.3) is 0 Å². The number of carbonyl (C=O) groups excluding carboxylic acids is 1. The molecule has 0 spiro atoms. The summed E-state index contributed by atoms with van der Waals surface area (Å²) in [5.74, 6) is 0.670. The quantitative estimate of drug-likeness (QED) is 0.694. The molecule has 3 atom stereocenters. The number of aliphatic hydroxyl groups excluding tert-OH is 1. The lowest BCUT2D eigenvalue weighted by atomic mass is 9.72. The average Bonchev–Trinajstić information content (AvgIpc) is 3.04. The van der Waals surface area contributed by atoms with Gasteiger partial charge in [-0.1, -0.05) is 77.1 Å².